The molecule has 4 rings (SSSR count). The van der Waals surface area contributed by atoms with Crippen LogP contribution in [0.1, 0.15) is 55.7 Å². The molecule has 1 aromatic carbocycles. The molecule has 0 saturated carbocycles. The number of ether oxygens (including phenoxy) is 1. The number of hydrogen-bond donors (Lipinski definition) is 4. The fraction of sp³-hybridized carbons (Fsp3) is 0.519. The largest absolute Gasteiger partial charge is 0.416 e. The van der Waals surface area contributed by atoms with Crippen molar-refractivity contribution in [1.82, 2.24) is 25.6 Å². The molecule has 2 aromatic rings. The van der Waals surface area contributed by atoms with Gasteiger partial charge in [-0.05, 0) is 74.4 Å². The minimum atomic E-state index is -4.54. The number of nitrogens with one attached hydrogen (secondary N) is 4. The van der Waals surface area contributed by atoms with Crippen molar-refractivity contribution in [2.45, 2.75) is 45.7 Å². The van der Waals surface area contributed by atoms with E-state index < -0.39 is 17.6 Å². The maximum Gasteiger partial charge on any atom is 0.416 e. The van der Waals surface area contributed by atoms with Crippen molar-refractivity contribution in [3.8, 4) is 0 Å². The van der Waals surface area contributed by atoms with Crippen LogP contribution in [-0.2, 0) is 15.7 Å². The van der Waals surface area contributed by atoms with Crippen LogP contribution in [0, 0.1) is 11.8 Å². The summed E-state index contributed by atoms with van der Waals surface area (Å²) in [6, 6.07) is 2.75. The Morgan fingerprint density at radius 1 is 1.25 bits per heavy atom. The Morgan fingerprint density at radius 3 is 2.67 bits per heavy atom. The molecule has 4 N–H and O–H groups in total. The number of carbonyl (C=O) groups is 2. The van der Waals surface area contributed by atoms with Gasteiger partial charge in [-0.25, -0.2) is 0 Å². The second-order valence-electron chi connectivity index (χ2n) is 10.2. The summed E-state index contributed by atoms with van der Waals surface area (Å²) >= 11 is 6.00. The lowest BCUT2D eigenvalue weighted by Gasteiger charge is -2.26. The summed E-state index contributed by atoms with van der Waals surface area (Å²) in [5, 5.41) is 16.3. The van der Waals surface area contributed by atoms with Crippen LogP contribution in [0.3, 0.4) is 0 Å². The van der Waals surface area contributed by atoms with Crippen LogP contribution in [0.4, 0.5) is 18.9 Å². The number of amides is 1. The SMILES string of the molecule is CC(C)/C(NCC(=O)Nc1ccc(C(F)(F)F)cc1Cl)=C(/C(=O)n1nc(C2=CCOCC2)[nH]1)C1CCCNCC1. The maximum absolute atomic E-state index is 13.8. The van der Waals surface area contributed by atoms with E-state index in [-0.39, 0.29) is 35.0 Å². The highest BCUT2D eigenvalue weighted by molar-refractivity contribution is 6.33. The van der Waals surface area contributed by atoms with Crippen LogP contribution < -0.4 is 16.0 Å². The van der Waals surface area contributed by atoms with Crippen molar-refractivity contribution < 1.29 is 27.5 Å². The second kappa shape index (κ2) is 13.0. The molecular formula is C27H34ClF3N6O3. The lowest BCUT2D eigenvalue weighted by atomic mass is 9.87. The summed E-state index contributed by atoms with van der Waals surface area (Å²) in [4.78, 5) is 27.8. The molecule has 1 unspecified atom stereocenters. The number of aromatic amines is 1. The van der Waals surface area contributed by atoms with Gasteiger partial charge < -0.3 is 20.7 Å². The van der Waals surface area contributed by atoms with Crippen molar-refractivity contribution in [2.75, 3.05) is 38.2 Å². The van der Waals surface area contributed by atoms with Gasteiger partial charge in [0.15, 0.2) is 5.82 Å². The number of H-pyrrole nitrogens is 1. The Morgan fingerprint density at radius 2 is 2.02 bits per heavy atom. The molecule has 9 nitrogen and oxygen atoms in total. The van der Waals surface area contributed by atoms with Gasteiger partial charge in [0.1, 0.15) is 0 Å². The Bertz CT molecular complexity index is 1260. The Balaban J connectivity index is 1.54. The molecule has 40 heavy (non-hydrogen) atoms. The Kier molecular flexibility index (Phi) is 9.75. The van der Waals surface area contributed by atoms with E-state index in [0.717, 1.165) is 56.1 Å². The molecule has 0 spiro atoms. The molecule has 1 amide bonds. The van der Waals surface area contributed by atoms with Gasteiger partial charge in [-0.2, -0.15) is 13.2 Å². The van der Waals surface area contributed by atoms with Gasteiger partial charge in [0.2, 0.25) is 5.91 Å². The summed E-state index contributed by atoms with van der Waals surface area (Å²) < 4.78 is 44.2. The maximum atomic E-state index is 13.8. The zero-order valence-corrected chi connectivity index (χ0v) is 23.2. The predicted molar refractivity (Wildman–Crippen MR) is 146 cm³/mol. The molecule has 1 aromatic heterocycles. The highest BCUT2D eigenvalue weighted by atomic mass is 35.5. The molecule has 13 heteroatoms. The molecule has 1 saturated heterocycles. The third-order valence-corrected chi connectivity index (χ3v) is 7.28. The molecule has 218 valence electrons. The first-order valence-electron chi connectivity index (χ1n) is 13.4. The zero-order valence-electron chi connectivity index (χ0n) is 22.5. The molecule has 0 bridgehead atoms. The number of nitrogens with zero attached hydrogens (tertiary/aromatic N) is 2. The number of halogens is 4. The lowest BCUT2D eigenvalue weighted by Crippen LogP contribution is -2.36. The predicted octanol–water partition coefficient (Wildman–Crippen LogP) is 4.86. The van der Waals surface area contributed by atoms with E-state index in [1.807, 2.05) is 19.9 Å². The first kappa shape index (κ1) is 29.9. The van der Waals surface area contributed by atoms with Crippen LogP contribution in [0.5, 0.6) is 0 Å². The molecule has 1 fully saturated rings. The number of rotatable bonds is 8. The summed E-state index contributed by atoms with van der Waals surface area (Å²) in [6.45, 7) is 6.38. The number of benzene rings is 1. The second-order valence-corrected chi connectivity index (χ2v) is 10.6. The van der Waals surface area contributed by atoms with Gasteiger partial charge in [0.05, 0.1) is 36.0 Å². The third kappa shape index (κ3) is 7.35. The first-order valence-corrected chi connectivity index (χ1v) is 13.7. The summed E-state index contributed by atoms with van der Waals surface area (Å²) in [5.74, 6) is -0.331. The first-order chi connectivity index (χ1) is 19.0. The van der Waals surface area contributed by atoms with Gasteiger partial charge in [-0.3, -0.25) is 14.7 Å². The summed E-state index contributed by atoms with van der Waals surface area (Å²) in [7, 11) is 0. The van der Waals surface area contributed by atoms with E-state index in [4.69, 9.17) is 16.3 Å². The van der Waals surface area contributed by atoms with Gasteiger partial charge in [0, 0.05) is 11.3 Å². The van der Waals surface area contributed by atoms with Gasteiger partial charge in [0.25, 0.3) is 5.91 Å². The van der Waals surface area contributed by atoms with Crippen LogP contribution >= 0.6 is 11.6 Å². The van der Waals surface area contributed by atoms with E-state index in [1.54, 1.807) is 0 Å². The van der Waals surface area contributed by atoms with Crippen molar-refractivity contribution in [3.63, 3.8) is 0 Å². The molecule has 3 heterocycles. The molecule has 0 aliphatic carbocycles. The highest BCUT2D eigenvalue weighted by Gasteiger charge is 2.32. The van der Waals surface area contributed by atoms with Crippen molar-refractivity contribution in [3.05, 3.63) is 52.0 Å². The Hall–Kier alpha value is -3.09. The van der Waals surface area contributed by atoms with Crippen LogP contribution in [0.15, 0.2) is 35.5 Å². The Labute approximate surface area is 235 Å². The van der Waals surface area contributed by atoms with Gasteiger partial charge in [-0.15, -0.1) is 9.90 Å². The fourth-order valence-corrected chi connectivity index (χ4v) is 5.11. The van der Waals surface area contributed by atoms with E-state index in [1.165, 1.54) is 4.80 Å². The van der Waals surface area contributed by atoms with E-state index >= 15 is 0 Å². The van der Waals surface area contributed by atoms with Gasteiger partial charge >= 0.3 is 6.18 Å². The normalized spacial score (nSPS) is 19.1. The number of hydrogen-bond acceptors (Lipinski definition) is 6. The fourth-order valence-electron chi connectivity index (χ4n) is 4.88. The zero-order chi connectivity index (χ0) is 28.9. The van der Waals surface area contributed by atoms with Gasteiger partial charge in [-0.1, -0.05) is 31.5 Å². The van der Waals surface area contributed by atoms with E-state index in [9.17, 15) is 22.8 Å². The molecule has 2 aliphatic rings. The number of carbonyl (C=O) groups excluding carboxylic acids is 2. The molecule has 1 atom stereocenters. The van der Waals surface area contributed by atoms with Crippen molar-refractivity contribution in [2.24, 2.45) is 11.8 Å². The molecule has 0 radical (unpaired) electrons. The topological polar surface area (TPSA) is 113 Å². The van der Waals surface area contributed by atoms with Crippen LogP contribution in [0.25, 0.3) is 5.57 Å². The summed E-state index contributed by atoms with van der Waals surface area (Å²) in [6.07, 6.45) is 0.550. The smallest absolute Gasteiger partial charge is 0.379 e. The van der Waals surface area contributed by atoms with Crippen LogP contribution in [0.2, 0.25) is 5.02 Å². The highest BCUT2D eigenvalue weighted by Crippen LogP contribution is 2.34. The summed E-state index contributed by atoms with van der Waals surface area (Å²) in [5.41, 5.74) is 1.35. The third-order valence-electron chi connectivity index (χ3n) is 6.96. The quantitative estimate of drug-likeness (QED) is 0.331. The number of anilines is 1. The van der Waals surface area contributed by atoms with Crippen LogP contribution in [-0.4, -0.2) is 59.7 Å². The average molecular weight is 583 g/mol. The lowest BCUT2D eigenvalue weighted by molar-refractivity contribution is -0.137. The van der Waals surface area contributed by atoms with E-state index in [0.29, 0.717) is 36.7 Å². The molecular weight excluding hydrogens is 549 g/mol. The minimum absolute atomic E-state index is 0.0526. The standard InChI is InChI=1S/C27H34ClF3N6O3/c1-16(2)24(33-15-22(38)34-21-6-5-19(14-20(21)28)27(29,30)31)23(17-4-3-10-32-11-7-17)26(39)37-35-25(36-37)18-8-12-40-13-9-18/h5-6,8,14,16-17,32-33H,3-4,7,9-13,15H2,1-2H3,(H,34,38)(H,35,36)/b24-23-. The minimum Gasteiger partial charge on any atom is -0.379 e. The molecule has 2 aliphatic heterocycles. The van der Waals surface area contributed by atoms with Crippen molar-refractivity contribution in [1.29, 1.82) is 0 Å². The number of alkyl halides is 3. The number of aromatic nitrogens is 3. The van der Waals surface area contributed by atoms with E-state index in [2.05, 4.69) is 26.1 Å². The number of allylic oxidation sites excluding steroid dienone is 2. The average Bonchev–Trinajstić information content (AvgIpc) is 3.16. The van der Waals surface area contributed by atoms with Crippen molar-refractivity contribution >= 4 is 34.7 Å². The monoisotopic (exact) mass is 582 g/mol.